The SMILES string of the molecule is CC(C)C(C(=O)N1C[C@@H]2CCC[C@@]2(C(=O)O)C1)c1ccccc1. The summed E-state index contributed by atoms with van der Waals surface area (Å²) in [4.78, 5) is 26.7. The van der Waals surface area contributed by atoms with E-state index >= 15 is 0 Å². The molecule has 0 bridgehead atoms. The van der Waals surface area contributed by atoms with Crippen LogP contribution in [0.15, 0.2) is 30.3 Å². The van der Waals surface area contributed by atoms with Crippen LogP contribution < -0.4 is 0 Å². The lowest BCUT2D eigenvalue weighted by molar-refractivity contribution is -0.149. The number of carboxylic acids is 1. The first-order valence-corrected chi connectivity index (χ1v) is 8.53. The summed E-state index contributed by atoms with van der Waals surface area (Å²) in [5.74, 6) is -0.531. The van der Waals surface area contributed by atoms with E-state index in [4.69, 9.17) is 0 Å². The fourth-order valence-electron chi connectivity index (χ4n) is 4.48. The number of carbonyl (C=O) groups excluding carboxylic acids is 1. The lowest BCUT2D eigenvalue weighted by Gasteiger charge is -2.28. The highest BCUT2D eigenvalue weighted by molar-refractivity contribution is 5.86. The van der Waals surface area contributed by atoms with Crippen molar-refractivity contribution < 1.29 is 14.7 Å². The Balaban J connectivity index is 1.84. The quantitative estimate of drug-likeness (QED) is 0.928. The molecule has 0 aromatic heterocycles. The van der Waals surface area contributed by atoms with Gasteiger partial charge in [0.05, 0.1) is 11.3 Å². The zero-order valence-electron chi connectivity index (χ0n) is 13.9. The number of hydrogen-bond donors (Lipinski definition) is 1. The van der Waals surface area contributed by atoms with E-state index in [2.05, 4.69) is 13.8 Å². The standard InChI is InChI=1S/C19H25NO3/c1-13(2)16(14-7-4-3-5-8-14)17(21)20-11-15-9-6-10-19(15,12-20)18(22)23/h3-5,7-8,13,15-16H,6,9-12H2,1-2H3,(H,22,23)/t15-,16?,19+/m0/s1. The normalized spacial score (nSPS) is 28.0. The van der Waals surface area contributed by atoms with Crippen LogP contribution in [-0.4, -0.2) is 35.0 Å². The second-order valence-electron chi connectivity index (χ2n) is 7.40. The molecule has 3 rings (SSSR count). The number of hydrogen-bond acceptors (Lipinski definition) is 2. The zero-order chi connectivity index (χ0) is 16.6. The molecule has 124 valence electrons. The molecule has 1 aliphatic heterocycles. The molecule has 1 aliphatic carbocycles. The Morgan fingerprint density at radius 2 is 1.96 bits per heavy atom. The van der Waals surface area contributed by atoms with E-state index in [9.17, 15) is 14.7 Å². The second kappa shape index (κ2) is 5.99. The van der Waals surface area contributed by atoms with Crippen LogP contribution in [0.25, 0.3) is 0 Å². The number of benzene rings is 1. The third-order valence-electron chi connectivity index (χ3n) is 5.70. The van der Waals surface area contributed by atoms with Gasteiger partial charge in [-0.3, -0.25) is 9.59 Å². The molecule has 1 aromatic rings. The van der Waals surface area contributed by atoms with Crippen molar-refractivity contribution in [2.24, 2.45) is 17.3 Å². The van der Waals surface area contributed by atoms with Crippen LogP contribution in [0.3, 0.4) is 0 Å². The molecule has 0 spiro atoms. The molecule has 1 saturated carbocycles. The molecule has 1 amide bonds. The first-order valence-electron chi connectivity index (χ1n) is 8.53. The Labute approximate surface area is 137 Å². The van der Waals surface area contributed by atoms with E-state index in [1.165, 1.54) is 0 Å². The van der Waals surface area contributed by atoms with Crippen LogP contribution in [0.5, 0.6) is 0 Å². The van der Waals surface area contributed by atoms with Crippen LogP contribution >= 0.6 is 0 Å². The van der Waals surface area contributed by atoms with Crippen molar-refractivity contribution in [2.45, 2.75) is 39.0 Å². The van der Waals surface area contributed by atoms with E-state index in [1.807, 2.05) is 35.2 Å². The van der Waals surface area contributed by atoms with Crippen LogP contribution in [0, 0.1) is 17.3 Å². The van der Waals surface area contributed by atoms with E-state index in [0.717, 1.165) is 18.4 Å². The molecule has 0 radical (unpaired) electrons. The highest BCUT2D eigenvalue weighted by atomic mass is 16.4. The molecule has 4 heteroatoms. The molecule has 3 atom stereocenters. The highest BCUT2D eigenvalue weighted by Gasteiger charge is 2.56. The van der Waals surface area contributed by atoms with Crippen LogP contribution in [-0.2, 0) is 9.59 Å². The Bertz CT molecular complexity index is 598. The van der Waals surface area contributed by atoms with Crippen molar-refractivity contribution >= 4 is 11.9 Å². The van der Waals surface area contributed by atoms with Gasteiger partial charge in [-0.2, -0.15) is 0 Å². The first kappa shape index (κ1) is 16.0. The van der Waals surface area contributed by atoms with Crippen LogP contribution in [0.1, 0.15) is 44.6 Å². The van der Waals surface area contributed by atoms with Crippen LogP contribution in [0.2, 0.25) is 0 Å². The Morgan fingerprint density at radius 1 is 1.26 bits per heavy atom. The lowest BCUT2D eigenvalue weighted by Crippen LogP contribution is -2.39. The van der Waals surface area contributed by atoms with E-state index < -0.39 is 11.4 Å². The smallest absolute Gasteiger partial charge is 0.311 e. The first-order chi connectivity index (χ1) is 11.0. The monoisotopic (exact) mass is 315 g/mol. The molecule has 23 heavy (non-hydrogen) atoms. The van der Waals surface area contributed by atoms with Gasteiger partial charge in [-0.05, 0) is 30.2 Å². The Hall–Kier alpha value is -1.84. The summed E-state index contributed by atoms with van der Waals surface area (Å²) in [5.41, 5.74) is 0.322. The molecule has 1 unspecified atom stereocenters. The van der Waals surface area contributed by atoms with Gasteiger partial charge in [-0.25, -0.2) is 0 Å². The van der Waals surface area contributed by atoms with Crippen molar-refractivity contribution in [3.63, 3.8) is 0 Å². The van der Waals surface area contributed by atoms with Crippen molar-refractivity contribution in [1.82, 2.24) is 4.90 Å². The van der Waals surface area contributed by atoms with Gasteiger partial charge < -0.3 is 10.0 Å². The summed E-state index contributed by atoms with van der Waals surface area (Å²) in [6, 6.07) is 9.84. The molecule has 1 saturated heterocycles. The maximum Gasteiger partial charge on any atom is 0.311 e. The summed E-state index contributed by atoms with van der Waals surface area (Å²) < 4.78 is 0. The summed E-state index contributed by atoms with van der Waals surface area (Å²) >= 11 is 0. The molecule has 2 aliphatic rings. The highest BCUT2D eigenvalue weighted by Crippen LogP contribution is 2.49. The third-order valence-corrected chi connectivity index (χ3v) is 5.70. The third kappa shape index (κ3) is 2.64. The van der Waals surface area contributed by atoms with E-state index in [1.54, 1.807) is 0 Å². The molecular formula is C19H25NO3. The zero-order valence-corrected chi connectivity index (χ0v) is 13.9. The maximum absolute atomic E-state index is 13.1. The van der Waals surface area contributed by atoms with Gasteiger partial charge in [0.2, 0.25) is 5.91 Å². The number of amides is 1. The number of carbonyl (C=O) groups is 2. The van der Waals surface area contributed by atoms with Gasteiger partial charge in [0.15, 0.2) is 0 Å². The summed E-state index contributed by atoms with van der Waals surface area (Å²) in [6.07, 6.45) is 2.59. The summed E-state index contributed by atoms with van der Waals surface area (Å²) in [6.45, 7) is 5.09. The van der Waals surface area contributed by atoms with Crippen molar-refractivity contribution in [2.75, 3.05) is 13.1 Å². The van der Waals surface area contributed by atoms with Crippen LogP contribution in [0.4, 0.5) is 0 Å². The number of rotatable bonds is 4. The number of fused-ring (bicyclic) bond motifs is 1. The van der Waals surface area contributed by atoms with E-state index in [0.29, 0.717) is 19.5 Å². The number of carboxylic acid groups (broad SMARTS) is 1. The number of likely N-dealkylation sites (tertiary alicyclic amines) is 1. The lowest BCUT2D eigenvalue weighted by atomic mass is 9.81. The van der Waals surface area contributed by atoms with Crippen molar-refractivity contribution in [3.8, 4) is 0 Å². The Morgan fingerprint density at radius 3 is 2.52 bits per heavy atom. The second-order valence-corrected chi connectivity index (χ2v) is 7.40. The van der Waals surface area contributed by atoms with Gasteiger partial charge in [-0.15, -0.1) is 0 Å². The Kier molecular flexibility index (Phi) is 4.17. The minimum atomic E-state index is -0.726. The van der Waals surface area contributed by atoms with Gasteiger partial charge in [0.1, 0.15) is 0 Å². The predicted molar refractivity (Wildman–Crippen MR) is 88.0 cm³/mol. The summed E-state index contributed by atoms with van der Waals surface area (Å²) in [7, 11) is 0. The largest absolute Gasteiger partial charge is 0.481 e. The van der Waals surface area contributed by atoms with Gasteiger partial charge in [-0.1, -0.05) is 50.6 Å². The predicted octanol–water partition coefficient (Wildman–Crippen LogP) is 3.14. The van der Waals surface area contributed by atoms with Gasteiger partial charge in [0.25, 0.3) is 0 Å². The topological polar surface area (TPSA) is 57.6 Å². The number of nitrogens with zero attached hydrogens (tertiary/aromatic N) is 1. The van der Waals surface area contributed by atoms with Gasteiger partial charge in [0, 0.05) is 13.1 Å². The molecule has 2 fully saturated rings. The average Bonchev–Trinajstić information content (AvgIpc) is 3.06. The van der Waals surface area contributed by atoms with Crippen molar-refractivity contribution in [3.05, 3.63) is 35.9 Å². The number of aliphatic carboxylic acids is 1. The summed E-state index contributed by atoms with van der Waals surface area (Å²) in [5, 5.41) is 9.70. The maximum atomic E-state index is 13.1. The van der Waals surface area contributed by atoms with Crippen molar-refractivity contribution in [1.29, 1.82) is 0 Å². The molecule has 1 heterocycles. The molecule has 1 N–H and O–H groups in total. The fraction of sp³-hybridized carbons (Fsp3) is 0.579. The molecule has 1 aromatic carbocycles. The average molecular weight is 315 g/mol. The minimum absolute atomic E-state index is 0.0845. The van der Waals surface area contributed by atoms with E-state index in [-0.39, 0.29) is 23.7 Å². The molecular weight excluding hydrogens is 290 g/mol. The fourth-order valence-corrected chi connectivity index (χ4v) is 4.48. The minimum Gasteiger partial charge on any atom is -0.481 e. The molecule has 4 nitrogen and oxygen atoms in total. The van der Waals surface area contributed by atoms with Gasteiger partial charge >= 0.3 is 5.97 Å².